The molecule has 1 aromatic rings. The number of amides is 1. The van der Waals surface area contributed by atoms with E-state index in [0.29, 0.717) is 31.2 Å². The zero-order valence-electron chi connectivity index (χ0n) is 13.9. The lowest BCUT2D eigenvalue weighted by Gasteiger charge is -2.31. The lowest BCUT2D eigenvalue weighted by Crippen LogP contribution is -2.38. The van der Waals surface area contributed by atoms with Crippen molar-refractivity contribution in [3.05, 3.63) is 24.2 Å². The van der Waals surface area contributed by atoms with Crippen LogP contribution in [-0.4, -0.2) is 51.3 Å². The minimum Gasteiger partial charge on any atom is -0.498 e. The van der Waals surface area contributed by atoms with Gasteiger partial charge in [0.25, 0.3) is 0 Å². The van der Waals surface area contributed by atoms with Gasteiger partial charge in [-0.1, -0.05) is 5.21 Å². The maximum absolute atomic E-state index is 11.3. The van der Waals surface area contributed by atoms with Gasteiger partial charge in [0.2, 0.25) is 5.91 Å². The highest BCUT2D eigenvalue weighted by molar-refractivity contribution is 5.80. The predicted octanol–water partition coefficient (Wildman–Crippen LogP) is 2.06. The quantitative estimate of drug-likeness (QED) is 0.494. The van der Waals surface area contributed by atoms with Crippen molar-refractivity contribution in [2.75, 3.05) is 19.7 Å². The van der Waals surface area contributed by atoms with E-state index in [1.807, 2.05) is 17.9 Å². The molecule has 2 rings (SSSR count). The van der Waals surface area contributed by atoms with E-state index < -0.39 is 0 Å². The van der Waals surface area contributed by atoms with Crippen LogP contribution in [0.15, 0.2) is 24.2 Å². The van der Waals surface area contributed by atoms with Gasteiger partial charge in [-0.3, -0.25) is 10.2 Å². The molecule has 0 radical (unpaired) electrons. The summed E-state index contributed by atoms with van der Waals surface area (Å²) in [4.78, 5) is 13.2. The number of carbonyl (C=O) groups excluding carboxylic acids is 1. The smallest absolute Gasteiger partial charge is 0.219 e. The van der Waals surface area contributed by atoms with Crippen LogP contribution in [0.1, 0.15) is 39.5 Å². The molecule has 0 aliphatic carbocycles. The van der Waals surface area contributed by atoms with Gasteiger partial charge < -0.3 is 9.64 Å². The number of aromatic nitrogens is 3. The van der Waals surface area contributed by atoms with Crippen LogP contribution in [0.5, 0.6) is 0 Å². The molecular formula is C16H25N5O2. The van der Waals surface area contributed by atoms with Crippen LogP contribution < -0.4 is 0 Å². The van der Waals surface area contributed by atoms with E-state index in [-0.39, 0.29) is 5.91 Å². The molecule has 1 aliphatic heterocycles. The Hall–Kier alpha value is -2.18. The van der Waals surface area contributed by atoms with Gasteiger partial charge in [-0.25, -0.2) is 4.68 Å². The SMILES string of the molecule is C/C=C(\CCC(=N)n1ccnn1)OCC1CCN(C(C)=O)CC1. The Morgan fingerprint density at radius 1 is 1.39 bits per heavy atom. The van der Waals surface area contributed by atoms with Gasteiger partial charge in [-0.05, 0) is 31.8 Å². The fourth-order valence-electron chi connectivity index (χ4n) is 2.65. The topological polar surface area (TPSA) is 84.1 Å². The Bertz CT molecular complexity index is 545. The second-order valence-electron chi connectivity index (χ2n) is 5.81. The minimum absolute atomic E-state index is 0.158. The summed E-state index contributed by atoms with van der Waals surface area (Å²) < 4.78 is 7.37. The number of ether oxygens (including phenoxy) is 1. The van der Waals surface area contributed by atoms with E-state index in [1.165, 1.54) is 4.68 Å². The standard InChI is InChI=1S/C16H25N5O2/c1-3-15(4-5-16(17)21-11-8-18-19-21)23-12-14-6-9-20(10-7-14)13(2)22/h3,8,11,14,17H,4-7,9-10,12H2,1-2H3/b15-3+,17-16?. The molecule has 0 unspecified atom stereocenters. The molecule has 2 heterocycles. The maximum atomic E-state index is 11.3. The number of carbonyl (C=O) groups is 1. The predicted molar refractivity (Wildman–Crippen MR) is 87.1 cm³/mol. The molecule has 7 nitrogen and oxygen atoms in total. The Morgan fingerprint density at radius 3 is 2.70 bits per heavy atom. The van der Waals surface area contributed by atoms with E-state index in [4.69, 9.17) is 10.1 Å². The molecule has 1 N–H and O–H groups in total. The van der Waals surface area contributed by atoms with Gasteiger partial charge in [-0.2, -0.15) is 0 Å². The Balaban J connectivity index is 1.69. The number of hydrogen-bond donors (Lipinski definition) is 1. The molecule has 1 aromatic heterocycles. The van der Waals surface area contributed by atoms with Crippen molar-refractivity contribution in [3.8, 4) is 0 Å². The molecule has 0 atom stereocenters. The average Bonchev–Trinajstić information content (AvgIpc) is 3.09. The third kappa shape index (κ3) is 5.19. The molecule has 0 aromatic carbocycles. The van der Waals surface area contributed by atoms with Crippen LogP contribution in [0.25, 0.3) is 0 Å². The number of allylic oxidation sites excluding steroid dienone is 2. The first kappa shape index (κ1) is 17.2. The molecule has 126 valence electrons. The van der Waals surface area contributed by atoms with Gasteiger partial charge in [0.05, 0.1) is 24.8 Å². The fourth-order valence-corrected chi connectivity index (χ4v) is 2.65. The number of hydrogen-bond acceptors (Lipinski definition) is 5. The Kier molecular flexibility index (Phi) is 6.31. The van der Waals surface area contributed by atoms with Crippen molar-refractivity contribution < 1.29 is 9.53 Å². The lowest BCUT2D eigenvalue weighted by atomic mass is 9.98. The molecule has 0 saturated carbocycles. The van der Waals surface area contributed by atoms with Crippen molar-refractivity contribution in [2.45, 2.75) is 39.5 Å². The lowest BCUT2D eigenvalue weighted by molar-refractivity contribution is -0.130. The van der Waals surface area contributed by atoms with Crippen LogP contribution >= 0.6 is 0 Å². The number of likely N-dealkylation sites (tertiary alicyclic amines) is 1. The van der Waals surface area contributed by atoms with Crippen LogP contribution in [0.4, 0.5) is 0 Å². The number of rotatable bonds is 6. The Morgan fingerprint density at radius 2 is 2.13 bits per heavy atom. The summed E-state index contributed by atoms with van der Waals surface area (Å²) in [7, 11) is 0. The molecule has 1 amide bonds. The fraction of sp³-hybridized carbons (Fsp3) is 0.625. The summed E-state index contributed by atoms with van der Waals surface area (Å²) in [5, 5.41) is 15.5. The first-order valence-corrected chi connectivity index (χ1v) is 8.07. The van der Waals surface area contributed by atoms with Crippen molar-refractivity contribution in [1.29, 1.82) is 5.41 Å². The highest BCUT2D eigenvalue weighted by Crippen LogP contribution is 2.19. The van der Waals surface area contributed by atoms with Crippen molar-refractivity contribution in [1.82, 2.24) is 19.9 Å². The van der Waals surface area contributed by atoms with Gasteiger partial charge in [0, 0.05) is 32.9 Å². The summed E-state index contributed by atoms with van der Waals surface area (Å²) in [5.41, 5.74) is 0. The van der Waals surface area contributed by atoms with Gasteiger partial charge in [0.1, 0.15) is 5.84 Å². The van der Waals surface area contributed by atoms with Crippen LogP contribution in [0, 0.1) is 11.3 Å². The van der Waals surface area contributed by atoms with Gasteiger partial charge in [0.15, 0.2) is 0 Å². The molecule has 23 heavy (non-hydrogen) atoms. The minimum atomic E-state index is 0.158. The molecule has 7 heteroatoms. The average molecular weight is 319 g/mol. The summed E-state index contributed by atoms with van der Waals surface area (Å²) in [6, 6.07) is 0. The zero-order valence-corrected chi connectivity index (χ0v) is 13.9. The highest BCUT2D eigenvalue weighted by atomic mass is 16.5. The van der Waals surface area contributed by atoms with E-state index in [9.17, 15) is 4.79 Å². The molecule has 0 spiro atoms. The van der Waals surface area contributed by atoms with E-state index in [2.05, 4.69) is 10.3 Å². The molecule has 1 aliphatic rings. The summed E-state index contributed by atoms with van der Waals surface area (Å²) in [5.74, 6) is 1.96. The van der Waals surface area contributed by atoms with Gasteiger partial charge >= 0.3 is 0 Å². The van der Waals surface area contributed by atoms with E-state index in [1.54, 1.807) is 19.3 Å². The normalized spacial score (nSPS) is 16.4. The van der Waals surface area contributed by atoms with Crippen molar-refractivity contribution in [2.24, 2.45) is 5.92 Å². The van der Waals surface area contributed by atoms with Crippen molar-refractivity contribution >= 4 is 11.7 Å². The molecule has 1 saturated heterocycles. The second-order valence-corrected chi connectivity index (χ2v) is 5.81. The monoisotopic (exact) mass is 319 g/mol. The first-order chi connectivity index (χ1) is 11.1. The van der Waals surface area contributed by atoms with Crippen LogP contribution in [0.3, 0.4) is 0 Å². The molecule has 0 bridgehead atoms. The van der Waals surface area contributed by atoms with Crippen LogP contribution in [-0.2, 0) is 9.53 Å². The summed E-state index contributed by atoms with van der Waals surface area (Å²) >= 11 is 0. The zero-order chi connectivity index (χ0) is 16.7. The first-order valence-electron chi connectivity index (χ1n) is 8.07. The number of nitrogens with zero attached hydrogens (tertiary/aromatic N) is 4. The van der Waals surface area contributed by atoms with Gasteiger partial charge in [-0.15, -0.1) is 5.10 Å². The second kappa shape index (κ2) is 8.45. The van der Waals surface area contributed by atoms with Crippen LogP contribution in [0.2, 0.25) is 0 Å². The third-order valence-corrected chi connectivity index (χ3v) is 4.19. The molecule has 1 fully saturated rings. The van der Waals surface area contributed by atoms with E-state index >= 15 is 0 Å². The number of piperidine rings is 1. The third-order valence-electron chi connectivity index (χ3n) is 4.19. The maximum Gasteiger partial charge on any atom is 0.219 e. The molecular weight excluding hydrogens is 294 g/mol. The van der Waals surface area contributed by atoms with E-state index in [0.717, 1.165) is 31.7 Å². The summed E-state index contributed by atoms with van der Waals surface area (Å²) in [6.45, 7) is 5.91. The Labute approximate surface area is 136 Å². The number of nitrogens with one attached hydrogen (secondary N) is 1. The summed E-state index contributed by atoms with van der Waals surface area (Å²) in [6.07, 6.45) is 8.42. The van der Waals surface area contributed by atoms with Crippen molar-refractivity contribution in [3.63, 3.8) is 0 Å². The largest absolute Gasteiger partial charge is 0.498 e. The highest BCUT2D eigenvalue weighted by Gasteiger charge is 2.21.